The second kappa shape index (κ2) is 2.97. The molecule has 0 aromatic carbocycles. The molecular weight excluding hydrogens is 148 g/mol. The fourth-order valence-electron chi connectivity index (χ4n) is 1.41. The van der Waals surface area contributed by atoms with Crippen molar-refractivity contribution in [2.24, 2.45) is 0 Å². The van der Waals surface area contributed by atoms with Gasteiger partial charge in [0.2, 0.25) is 0 Å². The van der Waals surface area contributed by atoms with Crippen LogP contribution in [0.4, 0.5) is 0 Å². The van der Waals surface area contributed by atoms with Gasteiger partial charge in [0, 0.05) is 12.4 Å². The molecule has 2 heteroatoms. The van der Waals surface area contributed by atoms with E-state index in [1.165, 1.54) is 17.5 Å². The highest BCUT2D eigenvalue weighted by Crippen LogP contribution is 2.07. The van der Waals surface area contributed by atoms with Gasteiger partial charge in [-0.1, -0.05) is 13.3 Å². The first kappa shape index (κ1) is 7.35. The molecule has 0 amide bonds. The zero-order valence-electron chi connectivity index (χ0n) is 7.20. The van der Waals surface area contributed by atoms with Crippen molar-refractivity contribution in [1.29, 1.82) is 0 Å². The van der Waals surface area contributed by atoms with E-state index in [4.69, 9.17) is 0 Å². The van der Waals surface area contributed by atoms with Crippen molar-refractivity contribution >= 4 is 5.52 Å². The number of fused-ring (bicyclic) bond motifs is 1. The summed E-state index contributed by atoms with van der Waals surface area (Å²) in [5.74, 6) is 0. The summed E-state index contributed by atoms with van der Waals surface area (Å²) >= 11 is 0. The van der Waals surface area contributed by atoms with Crippen LogP contribution in [-0.4, -0.2) is 9.61 Å². The zero-order valence-corrected chi connectivity index (χ0v) is 7.20. The van der Waals surface area contributed by atoms with Gasteiger partial charge in [-0.15, -0.1) is 0 Å². The van der Waals surface area contributed by atoms with Gasteiger partial charge in [-0.05, 0) is 30.2 Å². The minimum atomic E-state index is 1.15. The number of nitrogens with zero attached hydrogens (tertiary/aromatic N) is 2. The highest BCUT2D eigenvalue weighted by molar-refractivity contribution is 5.47. The Labute approximate surface area is 71.8 Å². The molecule has 0 N–H and O–H groups in total. The normalized spacial score (nSPS) is 10.8. The monoisotopic (exact) mass is 160 g/mol. The Morgan fingerprint density at radius 3 is 3.17 bits per heavy atom. The van der Waals surface area contributed by atoms with E-state index in [2.05, 4.69) is 24.2 Å². The van der Waals surface area contributed by atoms with Crippen LogP contribution in [0.5, 0.6) is 0 Å². The van der Waals surface area contributed by atoms with Crippen LogP contribution in [-0.2, 0) is 6.42 Å². The summed E-state index contributed by atoms with van der Waals surface area (Å²) in [4.78, 5) is 0. The molecule has 2 rings (SSSR count). The van der Waals surface area contributed by atoms with Crippen molar-refractivity contribution in [2.45, 2.75) is 19.8 Å². The van der Waals surface area contributed by atoms with Gasteiger partial charge in [-0.25, -0.2) is 4.52 Å². The summed E-state index contributed by atoms with van der Waals surface area (Å²) in [6.07, 6.45) is 6.19. The first-order chi connectivity index (χ1) is 5.90. The predicted octanol–water partition coefficient (Wildman–Crippen LogP) is 2.29. The number of aryl methyl sites for hydroxylation is 1. The molecule has 0 radical (unpaired) electrons. The van der Waals surface area contributed by atoms with Crippen LogP contribution >= 0.6 is 0 Å². The van der Waals surface area contributed by atoms with Crippen LogP contribution < -0.4 is 0 Å². The van der Waals surface area contributed by atoms with E-state index in [9.17, 15) is 0 Å². The fraction of sp³-hybridized carbons (Fsp3) is 0.300. The SMILES string of the molecule is CCCc1ccn2nccc2c1. The van der Waals surface area contributed by atoms with E-state index in [1.807, 2.05) is 23.0 Å². The minimum absolute atomic E-state index is 1.15. The molecule has 0 unspecified atom stereocenters. The Balaban J connectivity index is 2.46. The minimum Gasteiger partial charge on any atom is -0.241 e. The van der Waals surface area contributed by atoms with Gasteiger partial charge in [-0.3, -0.25) is 0 Å². The lowest BCUT2D eigenvalue weighted by molar-refractivity contribution is 0.903. The molecule has 0 aliphatic carbocycles. The Kier molecular flexibility index (Phi) is 1.82. The average molecular weight is 160 g/mol. The summed E-state index contributed by atoms with van der Waals surface area (Å²) < 4.78 is 1.89. The standard InChI is InChI=1S/C10H12N2/c1-2-3-9-5-7-12-10(8-9)4-6-11-12/h4-8H,2-3H2,1H3. The Morgan fingerprint density at radius 1 is 1.42 bits per heavy atom. The second-order valence-electron chi connectivity index (χ2n) is 2.99. The summed E-state index contributed by atoms with van der Waals surface area (Å²) in [5.41, 5.74) is 2.58. The van der Waals surface area contributed by atoms with Gasteiger partial charge < -0.3 is 0 Å². The molecule has 2 aromatic heterocycles. The van der Waals surface area contributed by atoms with Crippen LogP contribution in [0, 0.1) is 0 Å². The highest BCUT2D eigenvalue weighted by atomic mass is 15.2. The maximum absolute atomic E-state index is 4.14. The number of aromatic nitrogens is 2. The van der Waals surface area contributed by atoms with E-state index >= 15 is 0 Å². The molecule has 0 spiro atoms. The third kappa shape index (κ3) is 1.20. The number of hydrogen-bond donors (Lipinski definition) is 0. The van der Waals surface area contributed by atoms with Crippen molar-refractivity contribution in [3.05, 3.63) is 36.2 Å². The first-order valence-corrected chi connectivity index (χ1v) is 4.32. The number of rotatable bonds is 2. The quantitative estimate of drug-likeness (QED) is 0.658. The van der Waals surface area contributed by atoms with Crippen LogP contribution in [0.1, 0.15) is 18.9 Å². The second-order valence-corrected chi connectivity index (χ2v) is 2.99. The van der Waals surface area contributed by atoms with Crippen molar-refractivity contribution in [2.75, 3.05) is 0 Å². The average Bonchev–Trinajstić information content (AvgIpc) is 2.51. The molecule has 0 fully saturated rings. The maximum Gasteiger partial charge on any atom is 0.0664 e. The van der Waals surface area contributed by atoms with Gasteiger partial charge in [0.1, 0.15) is 0 Å². The van der Waals surface area contributed by atoms with E-state index in [-0.39, 0.29) is 0 Å². The van der Waals surface area contributed by atoms with Gasteiger partial charge >= 0.3 is 0 Å². The Morgan fingerprint density at radius 2 is 2.33 bits per heavy atom. The summed E-state index contributed by atoms with van der Waals surface area (Å²) in [5, 5.41) is 4.14. The summed E-state index contributed by atoms with van der Waals surface area (Å²) in [6.45, 7) is 2.20. The molecule has 2 nitrogen and oxygen atoms in total. The van der Waals surface area contributed by atoms with Crippen molar-refractivity contribution in [3.63, 3.8) is 0 Å². The first-order valence-electron chi connectivity index (χ1n) is 4.32. The van der Waals surface area contributed by atoms with E-state index < -0.39 is 0 Å². The van der Waals surface area contributed by atoms with Gasteiger partial charge in [0.05, 0.1) is 5.52 Å². The number of pyridine rings is 1. The molecule has 0 saturated heterocycles. The molecule has 62 valence electrons. The van der Waals surface area contributed by atoms with Crippen molar-refractivity contribution in [3.8, 4) is 0 Å². The van der Waals surface area contributed by atoms with Gasteiger partial charge in [-0.2, -0.15) is 5.10 Å². The Hall–Kier alpha value is -1.31. The predicted molar refractivity (Wildman–Crippen MR) is 49.2 cm³/mol. The lowest BCUT2D eigenvalue weighted by Gasteiger charge is -1.98. The molecule has 0 aliphatic heterocycles. The molecule has 12 heavy (non-hydrogen) atoms. The number of hydrogen-bond acceptors (Lipinski definition) is 1. The summed E-state index contributed by atoms with van der Waals surface area (Å²) in [7, 11) is 0. The fourth-order valence-corrected chi connectivity index (χ4v) is 1.41. The third-order valence-corrected chi connectivity index (χ3v) is 2.00. The van der Waals surface area contributed by atoms with Crippen LogP contribution in [0.3, 0.4) is 0 Å². The molecule has 0 aliphatic rings. The lowest BCUT2D eigenvalue weighted by Crippen LogP contribution is -1.88. The van der Waals surface area contributed by atoms with Crippen LogP contribution in [0.2, 0.25) is 0 Å². The zero-order chi connectivity index (χ0) is 8.39. The van der Waals surface area contributed by atoms with E-state index in [1.54, 1.807) is 0 Å². The highest BCUT2D eigenvalue weighted by Gasteiger charge is 1.94. The van der Waals surface area contributed by atoms with E-state index in [0.717, 1.165) is 6.42 Å². The van der Waals surface area contributed by atoms with Gasteiger partial charge in [0.25, 0.3) is 0 Å². The van der Waals surface area contributed by atoms with Crippen LogP contribution in [0.15, 0.2) is 30.6 Å². The molecule has 2 aromatic rings. The maximum atomic E-state index is 4.14. The van der Waals surface area contributed by atoms with Crippen molar-refractivity contribution < 1.29 is 0 Å². The van der Waals surface area contributed by atoms with Gasteiger partial charge in [0.15, 0.2) is 0 Å². The Bertz CT molecular complexity index is 376. The molecular formula is C10H12N2. The van der Waals surface area contributed by atoms with Crippen molar-refractivity contribution in [1.82, 2.24) is 9.61 Å². The van der Waals surface area contributed by atoms with Crippen LogP contribution in [0.25, 0.3) is 5.52 Å². The topological polar surface area (TPSA) is 17.3 Å². The smallest absolute Gasteiger partial charge is 0.0664 e. The lowest BCUT2D eigenvalue weighted by atomic mass is 10.1. The molecule has 0 bridgehead atoms. The molecule has 0 saturated carbocycles. The largest absolute Gasteiger partial charge is 0.241 e. The molecule has 2 heterocycles. The summed E-state index contributed by atoms with van der Waals surface area (Å²) in [6, 6.07) is 6.35. The molecule has 0 atom stereocenters. The third-order valence-electron chi connectivity index (χ3n) is 2.00. The van der Waals surface area contributed by atoms with E-state index in [0.29, 0.717) is 0 Å².